The molecule has 1 unspecified atom stereocenters. The molecular formula is C29H44N4O9S. The average molecular weight is 625 g/mol. The Balaban J connectivity index is 1.67. The Labute approximate surface area is 256 Å². The summed E-state index contributed by atoms with van der Waals surface area (Å²) in [6, 6.07) is 6.16. The largest absolute Gasteiger partial charge is 0.497 e. The standard InChI is InChI=1S/C29H44N4O9S/c1-28(2,3)42-27(38)33-20(24(30)36)11-12-22(35)43-16-15-31-21(34)13-14-32-25(37)23-29(4,5)17-40-26(41-23)18-7-9-19(39-6)10-8-18/h7-10,20,23,26H,11-17H2,1-6H3,(H2,30,36)(H,31,34)(H,32,37)(H,33,38)/t20-,23-,26?/m0/s1. The van der Waals surface area contributed by atoms with Gasteiger partial charge in [-0.2, -0.15) is 0 Å². The summed E-state index contributed by atoms with van der Waals surface area (Å²) < 4.78 is 22.1. The van der Waals surface area contributed by atoms with Crippen molar-refractivity contribution >= 4 is 40.7 Å². The predicted molar refractivity (Wildman–Crippen MR) is 160 cm³/mol. The number of rotatable bonds is 14. The molecule has 1 fully saturated rings. The summed E-state index contributed by atoms with van der Waals surface area (Å²) in [4.78, 5) is 60.9. The topological polar surface area (TPSA) is 184 Å². The van der Waals surface area contributed by atoms with Crippen LogP contribution in [0.1, 0.15) is 65.7 Å². The van der Waals surface area contributed by atoms with E-state index >= 15 is 0 Å². The zero-order chi connectivity index (χ0) is 32.2. The maximum absolute atomic E-state index is 12.9. The lowest BCUT2D eigenvalue weighted by Crippen LogP contribution is -2.52. The predicted octanol–water partition coefficient (Wildman–Crippen LogP) is 2.18. The van der Waals surface area contributed by atoms with Gasteiger partial charge in [0.25, 0.3) is 0 Å². The molecular weight excluding hydrogens is 580 g/mol. The van der Waals surface area contributed by atoms with Crippen LogP contribution in [0.25, 0.3) is 0 Å². The Hall–Kier alpha value is -3.36. The molecule has 0 aromatic heterocycles. The van der Waals surface area contributed by atoms with Gasteiger partial charge >= 0.3 is 6.09 Å². The van der Waals surface area contributed by atoms with E-state index in [9.17, 15) is 24.0 Å². The van der Waals surface area contributed by atoms with E-state index in [1.54, 1.807) is 40.0 Å². The van der Waals surface area contributed by atoms with Gasteiger partial charge in [0, 0.05) is 42.7 Å². The first kappa shape index (κ1) is 35.8. The number of nitrogens with two attached hydrogens (primary N) is 1. The molecule has 0 bridgehead atoms. The monoisotopic (exact) mass is 624 g/mol. The van der Waals surface area contributed by atoms with Gasteiger partial charge in [-0.1, -0.05) is 37.7 Å². The van der Waals surface area contributed by atoms with Gasteiger partial charge in [0.15, 0.2) is 11.4 Å². The van der Waals surface area contributed by atoms with E-state index in [0.717, 1.165) is 17.3 Å². The summed E-state index contributed by atoms with van der Waals surface area (Å²) in [5, 5.41) is 7.63. The molecule has 3 atom stereocenters. The summed E-state index contributed by atoms with van der Waals surface area (Å²) in [7, 11) is 1.58. The van der Waals surface area contributed by atoms with Crippen molar-refractivity contribution in [3.05, 3.63) is 29.8 Å². The third-order valence-corrected chi connectivity index (χ3v) is 7.15. The van der Waals surface area contributed by atoms with Crippen LogP contribution in [0.4, 0.5) is 4.79 Å². The molecule has 1 aromatic carbocycles. The van der Waals surface area contributed by atoms with Crippen LogP contribution >= 0.6 is 11.8 Å². The fourth-order valence-electron chi connectivity index (χ4n) is 3.97. The lowest BCUT2D eigenvalue weighted by atomic mass is 9.85. The highest BCUT2D eigenvalue weighted by molar-refractivity contribution is 8.13. The molecule has 0 saturated carbocycles. The number of ether oxygens (including phenoxy) is 4. The van der Waals surface area contributed by atoms with Crippen LogP contribution in [-0.2, 0) is 33.4 Å². The first-order chi connectivity index (χ1) is 20.1. The van der Waals surface area contributed by atoms with Crippen LogP contribution < -0.4 is 26.4 Å². The molecule has 14 heteroatoms. The molecule has 0 radical (unpaired) electrons. The molecule has 13 nitrogen and oxygen atoms in total. The molecule has 1 aromatic rings. The number of thioether (sulfide) groups is 1. The minimum atomic E-state index is -1.04. The van der Waals surface area contributed by atoms with Crippen LogP contribution in [0.2, 0.25) is 0 Å². The van der Waals surface area contributed by atoms with E-state index in [4.69, 9.17) is 24.7 Å². The molecule has 1 aliphatic heterocycles. The van der Waals surface area contributed by atoms with Gasteiger partial charge in [-0.05, 0) is 39.3 Å². The maximum atomic E-state index is 12.9. The molecule has 1 aliphatic rings. The van der Waals surface area contributed by atoms with Crippen LogP contribution in [-0.4, -0.2) is 79.2 Å². The van der Waals surface area contributed by atoms with Crippen molar-refractivity contribution < 1.29 is 42.9 Å². The number of amides is 4. The Morgan fingerprint density at radius 3 is 2.35 bits per heavy atom. The summed E-state index contributed by atoms with van der Waals surface area (Å²) in [5.74, 6) is -0.384. The minimum Gasteiger partial charge on any atom is -0.497 e. The summed E-state index contributed by atoms with van der Waals surface area (Å²) in [6.45, 7) is 9.45. The van der Waals surface area contributed by atoms with Crippen molar-refractivity contribution in [1.29, 1.82) is 0 Å². The highest BCUT2D eigenvalue weighted by Gasteiger charge is 2.43. The lowest BCUT2D eigenvalue weighted by molar-refractivity contribution is -0.258. The number of methoxy groups -OCH3 is 1. The molecule has 43 heavy (non-hydrogen) atoms. The molecule has 0 aliphatic carbocycles. The number of benzene rings is 1. The van der Waals surface area contributed by atoms with E-state index in [1.807, 2.05) is 26.0 Å². The first-order valence-electron chi connectivity index (χ1n) is 14.0. The SMILES string of the molecule is COc1ccc(C2OCC(C)(C)[C@H](C(=O)NCCC(=O)NCCSC(=O)CC[C@H](NC(=O)OC(C)(C)C)C(N)=O)O2)cc1. The zero-order valence-corrected chi connectivity index (χ0v) is 26.5. The fourth-order valence-corrected chi connectivity index (χ4v) is 4.67. The number of alkyl carbamates (subject to hydrolysis) is 1. The van der Waals surface area contributed by atoms with E-state index in [-0.39, 0.29) is 49.3 Å². The first-order valence-corrected chi connectivity index (χ1v) is 15.0. The van der Waals surface area contributed by atoms with E-state index in [1.165, 1.54) is 0 Å². The Kier molecular flexibility index (Phi) is 13.7. The van der Waals surface area contributed by atoms with Crippen molar-refractivity contribution in [2.45, 2.75) is 77.9 Å². The van der Waals surface area contributed by atoms with Crippen molar-refractivity contribution in [3.8, 4) is 5.75 Å². The van der Waals surface area contributed by atoms with Crippen LogP contribution in [0, 0.1) is 5.41 Å². The van der Waals surface area contributed by atoms with E-state index in [2.05, 4.69) is 16.0 Å². The third-order valence-electron chi connectivity index (χ3n) is 6.21. The minimum absolute atomic E-state index is 0.00199. The van der Waals surface area contributed by atoms with Crippen molar-refractivity contribution in [1.82, 2.24) is 16.0 Å². The van der Waals surface area contributed by atoms with Gasteiger partial charge in [0.1, 0.15) is 23.5 Å². The molecule has 2 rings (SSSR count). The van der Waals surface area contributed by atoms with Crippen molar-refractivity contribution in [2.24, 2.45) is 11.1 Å². The Bertz CT molecular complexity index is 1120. The second-order valence-corrected chi connectivity index (χ2v) is 12.8. The normalized spacial score (nSPS) is 18.6. The van der Waals surface area contributed by atoms with Crippen LogP contribution in [0.3, 0.4) is 0 Å². The average Bonchev–Trinajstić information content (AvgIpc) is 2.92. The number of hydrogen-bond donors (Lipinski definition) is 4. The van der Waals surface area contributed by atoms with Gasteiger partial charge in [0.05, 0.1) is 13.7 Å². The van der Waals surface area contributed by atoms with Crippen LogP contribution in [0.15, 0.2) is 24.3 Å². The fraction of sp³-hybridized carbons (Fsp3) is 0.621. The molecule has 4 amide bonds. The summed E-state index contributed by atoms with van der Waals surface area (Å²) in [5.41, 5.74) is 4.76. The van der Waals surface area contributed by atoms with E-state index < -0.39 is 41.5 Å². The molecule has 0 spiro atoms. The van der Waals surface area contributed by atoms with Gasteiger partial charge in [-0.25, -0.2) is 4.79 Å². The van der Waals surface area contributed by atoms with Gasteiger partial charge in [0.2, 0.25) is 17.7 Å². The highest BCUT2D eigenvalue weighted by Crippen LogP contribution is 2.37. The summed E-state index contributed by atoms with van der Waals surface area (Å²) >= 11 is 0.994. The number of primary amides is 1. The highest BCUT2D eigenvalue weighted by atomic mass is 32.2. The van der Waals surface area contributed by atoms with Crippen molar-refractivity contribution in [3.63, 3.8) is 0 Å². The smallest absolute Gasteiger partial charge is 0.408 e. The van der Waals surface area contributed by atoms with E-state index in [0.29, 0.717) is 18.1 Å². The number of carbonyl (C=O) groups excluding carboxylic acids is 5. The second kappa shape index (κ2) is 16.5. The molecule has 1 saturated heterocycles. The van der Waals surface area contributed by atoms with Gasteiger partial charge < -0.3 is 40.6 Å². The number of carbonyl (C=O) groups is 5. The van der Waals surface area contributed by atoms with Gasteiger partial charge in [-0.3, -0.25) is 19.2 Å². The number of hydrogen-bond acceptors (Lipinski definition) is 10. The Morgan fingerprint density at radius 2 is 1.74 bits per heavy atom. The quantitative estimate of drug-likeness (QED) is 0.224. The Morgan fingerprint density at radius 1 is 1.07 bits per heavy atom. The number of nitrogens with one attached hydrogen (secondary N) is 3. The van der Waals surface area contributed by atoms with Crippen molar-refractivity contribution in [2.75, 3.05) is 32.6 Å². The lowest BCUT2D eigenvalue weighted by Gasteiger charge is -2.41. The summed E-state index contributed by atoms with van der Waals surface area (Å²) in [6.07, 6.45) is -2.21. The maximum Gasteiger partial charge on any atom is 0.408 e. The third kappa shape index (κ3) is 12.8. The van der Waals surface area contributed by atoms with Gasteiger partial charge in [-0.15, -0.1) is 0 Å². The molecule has 5 N–H and O–H groups in total. The zero-order valence-electron chi connectivity index (χ0n) is 25.7. The molecule has 240 valence electrons. The second-order valence-electron chi connectivity index (χ2n) is 11.7. The molecule has 1 heterocycles. The van der Waals surface area contributed by atoms with Crippen LogP contribution in [0.5, 0.6) is 5.75 Å².